The van der Waals surface area contributed by atoms with E-state index in [1.807, 2.05) is 12.1 Å². The van der Waals surface area contributed by atoms with Gasteiger partial charge in [0.1, 0.15) is 0 Å². The van der Waals surface area contributed by atoms with Gasteiger partial charge < -0.3 is 4.90 Å². The molecule has 1 heterocycles. The average Bonchev–Trinajstić information content (AvgIpc) is 3.47. The summed E-state index contributed by atoms with van der Waals surface area (Å²) in [7, 11) is 0. The molecule has 27 heavy (non-hydrogen) atoms. The number of rotatable bonds is 5. The van der Waals surface area contributed by atoms with Crippen LogP contribution in [0, 0.1) is 35.5 Å². The Labute approximate surface area is 159 Å². The van der Waals surface area contributed by atoms with Crippen LogP contribution in [0.4, 0.5) is 5.69 Å². The third-order valence-electron chi connectivity index (χ3n) is 6.98. The Hall–Kier alpha value is -2.43. The summed E-state index contributed by atoms with van der Waals surface area (Å²) >= 11 is 0. The maximum Gasteiger partial charge on any atom is 0.254 e. The molecule has 5 heteroatoms. The van der Waals surface area contributed by atoms with Crippen molar-refractivity contribution in [1.82, 2.24) is 5.01 Å². The topological polar surface area (TPSA) is 53.0 Å². The van der Waals surface area contributed by atoms with Crippen molar-refractivity contribution < 1.29 is 9.59 Å². The van der Waals surface area contributed by atoms with Crippen LogP contribution >= 0.6 is 0 Å². The van der Waals surface area contributed by atoms with E-state index < -0.39 is 0 Å². The lowest BCUT2D eigenvalue weighted by molar-refractivity contribution is -0.140. The van der Waals surface area contributed by atoms with E-state index in [-0.39, 0.29) is 35.5 Å². The molecule has 6 atom stereocenters. The van der Waals surface area contributed by atoms with Crippen molar-refractivity contribution in [3.63, 3.8) is 0 Å². The van der Waals surface area contributed by atoms with Gasteiger partial charge in [0.25, 0.3) is 11.8 Å². The summed E-state index contributed by atoms with van der Waals surface area (Å²) in [5.41, 5.74) is 2.06. The number of anilines is 1. The largest absolute Gasteiger partial charge is 0.372 e. The molecule has 0 aromatic heterocycles. The van der Waals surface area contributed by atoms with Crippen molar-refractivity contribution in [3.05, 3.63) is 42.0 Å². The average molecular weight is 363 g/mol. The van der Waals surface area contributed by atoms with Crippen LogP contribution in [0.2, 0.25) is 0 Å². The van der Waals surface area contributed by atoms with Gasteiger partial charge in [0, 0.05) is 18.8 Å². The summed E-state index contributed by atoms with van der Waals surface area (Å²) in [6.45, 7) is 6.19. The molecule has 0 radical (unpaired) electrons. The van der Waals surface area contributed by atoms with E-state index in [9.17, 15) is 9.59 Å². The molecule has 0 unspecified atom stereocenters. The minimum absolute atomic E-state index is 0.106. The molecule has 2 amide bonds. The standard InChI is InChI=1S/C22H25N3O2/c1-3-24(4-2)14-7-5-13(6-8-14)12-23-25-21(26)19-15-9-10-16(18-11-17(15)18)20(19)22(25)27/h5-10,12,15-20H,3-4,11H2,1-2H3/b23-12-/t15-,16-,17-,18+,19+,20+/m1/s1. The number of imide groups is 1. The molecule has 4 aliphatic carbocycles. The van der Waals surface area contributed by atoms with Crippen LogP contribution in [0.3, 0.4) is 0 Å². The highest BCUT2D eigenvalue weighted by Gasteiger charge is 2.67. The Balaban J connectivity index is 1.34. The van der Waals surface area contributed by atoms with Gasteiger partial charge in [-0.25, -0.2) is 0 Å². The quantitative estimate of drug-likeness (QED) is 0.459. The molecule has 5 aliphatic rings. The van der Waals surface area contributed by atoms with Crippen LogP contribution in [-0.2, 0) is 9.59 Å². The fourth-order valence-electron chi connectivity index (χ4n) is 5.54. The second kappa shape index (κ2) is 6.04. The van der Waals surface area contributed by atoms with Gasteiger partial charge in [-0.05, 0) is 61.6 Å². The molecule has 1 aliphatic heterocycles. The zero-order valence-electron chi connectivity index (χ0n) is 15.8. The Bertz CT molecular complexity index is 804. The first-order chi connectivity index (χ1) is 13.1. The predicted molar refractivity (Wildman–Crippen MR) is 104 cm³/mol. The molecule has 0 spiro atoms. The first kappa shape index (κ1) is 16.7. The monoisotopic (exact) mass is 363 g/mol. The van der Waals surface area contributed by atoms with Crippen LogP contribution < -0.4 is 4.90 Å². The lowest BCUT2D eigenvalue weighted by atomic mass is 9.63. The number of hydrogen-bond acceptors (Lipinski definition) is 4. The predicted octanol–water partition coefficient (Wildman–Crippen LogP) is 2.92. The summed E-state index contributed by atoms with van der Waals surface area (Å²) in [6, 6.07) is 8.07. The fourth-order valence-corrected chi connectivity index (χ4v) is 5.54. The van der Waals surface area contributed by atoms with Crippen LogP contribution in [0.5, 0.6) is 0 Å². The van der Waals surface area contributed by atoms with E-state index in [1.54, 1.807) is 6.21 Å². The minimum Gasteiger partial charge on any atom is -0.372 e. The Kier molecular flexibility index (Phi) is 3.74. The SMILES string of the molecule is CCN(CC)c1ccc(/C=N\N2C(=O)[C@H]3[C@@H]4C=C[C@H]([C@@H]5C[C@H]45)[C@@H]3C2=O)cc1. The van der Waals surface area contributed by atoms with E-state index in [0.717, 1.165) is 23.7 Å². The van der Waals surface area contributed by atoms with Crippen LogP contribution in [0.15, 0.2) is 41.5 Å². The molecule has 2 bridgehead atoms. The summed E-state index contributed by atoms with van der Waals surface area (Å²) in [6.07, 6.45) is 7.18. The number of hydrogen-bond donors (Lipinski definition) is 0. The normalized spacial score (nSPS) is 35.7. The van der Waals surface area contributed by atoms with Crippen LogP contribution in [0.25, 0.3) is 0 Å². The lowest BCUT2D eigenvalue weighted by Gasteiger charge is -2.37. The van der Waals surface area contributed by atoms with E-state index in [0.29, 0.717) is 11.8 Å². The highest BCUT2D eigenvalue weighted by Crippen LogP contribution is 2.65. The lowest BCUT2D eigenvalue weighted by Crippen LogP contribution is -2.40. The van der Waals surface area contributed by atoms with E-state index in [2.05, 4.69) is 48.1 Å². The van der Waals surface area contributed by atoms with Crippen molar-refractivity contribution in [1.29, 1.82) is 0 Å². The molecule has 1 aromatic rings. The summed E-state index contributed by atoms with van der Waals surface area (Å²) in [5, 5.41) is 5.44. The molecule has 140 valence electrons. The molecule has 5 nitrogen and oxygen atoms in total. The van der Waals surface area contributed by atoms with Gasteiger partial charge in [0.15, 0.2) is 0 Å². The second-order valence-electron chi connectivity index (χ2n) is 8.15. The van der Waals surface area contributed by atoms with Gasteiger partial charge in [-0.3, -0.25) is 9.59 Å². The highest BCUT2D eigenvalue weighted by atomic mass is 16.2. The van der Waals surface area contributed by atoms with Crippen molar-refractivity contribution in [3.8, 4) is 0 Å². The fraction of sp³-hybridized carbons (Fsp3) is 0.500. The van der Waals surface area contributed by atoms with Crippen molar-refractivity contribution in [2.24, 2.45) is 40.6 Å². The molecule has 2 saturated carbocycles. The third kappa shape index (κ3) is 2.40. The third-order valence-corrected chi connectivity index (χ3v) is 6.98. The molecule has 0 N–H and O–H groups in total. The highest BCUT2D eigenvalue weighted by molar-refractivity contribution is 6.06. The zero-order chi connectivity index (χ0) is 18.7. The van der Waals surface area contributed by atoms with Crippen molar-refractivity contribution in [2.45, 2.75) is 20.3 Å². The summed E-state index contributed by atoms with van der Waals surface area (Å²) in [4.78, 5) is 28.1. The van der Waals surface area contributed by atoms with Gasteiger partial charge in [0.05, 0.1) is 18.1 Å². The number of allylic oxidation sites excluding steroid dienone is 2. The molecule has 3 fully saturated rings. The molecule has 1 aromatic carbocycles. The second-order valence-corrected chi connectivity index (χ2v) is 8.15. The molecule has 6 rings (SSSR count). The van der Waals surface area contributed by atoms with Gasteiger partial charge in [0.2, 0.25) is 0 Å². The van der Waals surface area contributed by atoms with Crippen molar-refractivity contribution in [2.75, 3.05) is 18.0 Å². The van der Waals surface area contributed by atoms with Crippen LogP contribution in [-0.4, -0.2) is 36.1 Å². The van der Waals surface area contributed by atoms with Crippen molar-refractivity contribution >= 4 is 23.7 Å². The Morgan fingerprint density at radius 3 is 2.07 bits per heavy atom. The molecule has 1 saturated heterocycles. The molecular formula is C22H25N3O2. The van der Waals surface area contributed by atoms with Crippen LogP contribution in [0.1, 0.15) is 25.8 Å². The summed E-state index contributed by atoms with van der Waals surface area (Å²) in [5.74, 6) is 1.16. The Morgan fingerprint density at radius 1 is 1.00 bits per heavy atom. The van der Waals surface area contributed by atoms with Gasteiger partial charge >= 0.3 is 0 Å². The Morgan fingerprint density at radius 2 is 1.56 bits per heavy atom. The molecular weight excluding hydrogens is 338 g/mol. The first-order valence-corrected chi connectivity index (χ1v) is 10.1. The smallest absolute Gasteiger partial charge is 0.254 e. The number of nitrogens with zero attached hydrogens (tertiary/aromatic N) is 3. The van der Waals surface area contributed by atoms with Gasteiger partial charge in [-0.15, -0.1) is 0 Å². The maximum absolute atomic E-state index is 12.9. The number of hydrazone groups is 1. The zero-order valence-corrected chi connectivity index (χ0v) is 15.8. The number of carbonyl (C=O) groups is 2. The van der Waals surface area contributed by atoms with Gasteiger partial charge in [-0.2, -0.15) is 10.1 Å². The van der Waals surface area contributed by atoms with Gasteiger partial charge in [-0.1, -0.05) is 24.3 Å². The first-order valence-electron chi connectivity index (χ1n) is 10.1. The number of benzene rings is 1. The summed E-state index contributed by atoms with van der Waals surface area (Å²) < 4.78 is 0. The van der Waals surface area contributed by atoms with E-state index in [4.69, 9.17) is 0 Å². The number of amides is 2. The number of carbonyl (C=O) groups excluding carboxylic acids is 2. The maximum atomic E-state index is 12.9. The minimum atomic E-state index is -0.182. The van der Waals surface area contributed by atoms with E-state index >= 15 is 0 Å². The van der Waals surface area contributed by atoms with E-state index in [1.165, 1.54) is 12.1 Å².